The Morgan fingerprint density at radius 2 is 2.35 bits per heavy atom. The summed E-state index contributed by atoms with van der Waals surface area (Å²) in [5.74, 6) is 0.212. The first-order valence-electron chi connectivity index (χ1n) is 6.51. The molecule has 20 heavy (non-hydrogen) atoms. The van der Waals surface area contributed by atoms with E-state index in [0.717, 1.165) is 12.8 Å². The van der Waals surface area contributed by atoms with E-state index >= 15 is 0 Å². The van der Waals surface area contributed by atoms with Crippen LogP contribution in [0.1, 0.15) is 37.0 Å². The van der Waals surface area contributed by atoms with Crippen molar-refractivity contribution in [2.45, 2.75) is 38.3 Å². The summed E-state index contributed by atoms with van der Waals surface area (Å²) in [5, 5.41) is 14.1. The number of ether oxygens (including phenoxy) is 1. The summed E-state index contributed by atoms with van der Waals surface area (Å²) in [5.41, 5.74) is 2.55. The minimum atomic E-state index is -0.204. The van der Waals surface area contributed by atoms with E-state index in [9.17, 15) is 4.79 Å². The van der Waals surface area contributed by atoms with Crippen molar-refractivity contribution in [2.24, 2.45) is 0 Å². The van der Waals surface area contributed by atoms with Gasteiger partial charge in [0.15, 0.2) is 0 Å². The van der Waals surface area contributed by atoms with Crippen LogP contribution in [0.4, 0.5) is 5.82 Å². The maximum atomic E-state index is 12.1. The predicted molar refractivity (Wildman–Crippen MR) is 73.5 cm³/mol. The molecule has 1 saturated heterocycles. The average Bonchev–Trinajstić information content (AvgIpc) is 2.38. The van der Waals surface area contributed by atoms with Crippen LogP contribution in [0, 0.1) is 5.39 Å². The highest BCUT2D eigenvalue weighted by atomic mass is 16.5. The number of hydrogen-bond acceptors (Lipinski definition) is 5. The molecule has 1 aromatic heterocycles. The summed E-state index contributed by atoms with van der Waals surface area (Å²) in [6.45, 7) is 4.69. The Balaban J connectivity index is 1.96. The molecular weight excluding hydrogens is 258 g/mol. The van der Waals surface area contributed by atoms with Gasteiger partial charge in [-0.1, -0.05) is 0 Å². The third-order valence-electron chi connectivity index (χ3n) is 3.22. The second kappa shape index (κ2) is 5.84. The van der Waals surface area contributed by atoms with Crippen molar-refractivity contribution in [2.75, 3.05) is 12.0 Å². The van der Waals surface area contributed by atoms with E-state index in [1.807, 2.05) is 13.8 Å². The number of amides is 1. The summed E-state index contributed by atoms with van der Waals surface area (Å²) in [6.07, 6.45) is 3.04. The second-order valence-corrected chi connectivity index (χ2v) is 5.42. The number of diazo groups is 1. The van der Waals surface area contributed by atoms with Gasteiger partial charge in [-0.25, -0.2) is 4.98 Å². The number of carbonyl (C=O) groups excluding carboxylic acids is 1. The van der Waals surface area contributed by atoms with Gasteiger partial charge < -0.3 is 10.1 Å². The van der Waals surface area contributed by atoms with Crippen molar-refractivity contribution in [1.82, 2.24) is 10.3 Å². The fourth-order valence-electron chi connectivity index (χ4n) is 2.27. The number of anilines is 1. The standard InChI is InChI=1S/C13H17N5O2/c1-13(2)7-10(5-6-20-13)16-12(19)9-3-4-11(15-8-9)17-18-14/h3-4,8,10H,5-7H2,1-2H3,(H-,15,16,17,19)/p+1/t10-/m1/s1. The largest absolute Gasteiger partial charge is 0.375 e. The van der Waals surface area contributed by atoms with Gasteiger partial charge in [0.05, 0.1) is 11.2 Å². The van der Waals surface area contributed by atoms with Crippen molar-refractivity contribution in [3.8, 4) is 0 Å². The summed E-state index contributed by atoms with van der Waals surface area (Å²) in [6, 6.07) is 3.31. The van der Waals surface area contributed by atoms with E-state index in [0.29, 0.717) is 18.0 Å². The van der Waals surface area contributed by atoms with Crippen LogP contribution in [0.25, 0.3) is 5.08 Å². The zero-order valence-corrected chi connectivity index (χ0v) is 11.6. The molecule has 0 saturated carbocycles. The fraction of sp³-hybridized carbons (Fsp3) is 0.538. The Labute approximate surface area is 117 Å². The first kappa shape index (κ1) is 14.2. The van der Waals surface area contributed by atoms with E-state index in [-0.39, 0.29) is 17.6 Å². The van der Waals surface area contributed by atoms with Crippen molar-refractivity contribution in [3.63, 3.8) is 0 Å². The minimum absolute atomic E-state index is 0.108. The van der Waals surface area contributed by atoms with Gasteiger partial charge in [0.25, 0.3) is 11.3 Å². The van der Waals surface area contributed by atoms with Gasteiger partial charge in [-0.3, -0.25) is 4.79 Å². The van der Waals surface area contributed by atoms with Crippen molar-refractivity contribution in [1.29, 1.82) is 5.39 Å². The molecule has 0 radical (unpaired) electrons. The molecule has 0 spiro atoms. The highest BCUT2D eigenvalue weighted by molar-refractivity contribution is 5.94. The van der Waals surface area contributed by atoms with Gasteiger partial charge in [0, 0.05) is 24.3 Å². The Bertz CT molecular complexity index is 521. The first-order valence-corrected chi connectivity index (χ1v) is 6.51. The molecule has 1 amide bonds. The summed E-state index contributed by atoms with van der Waals surface area (Å²) in [7, 11) is 0. The molecule has 2 heterocycles. The molecule has 2 N–H and O–H groups in total. The smallest absolute Gasteiger partial charge is 0.309 e. The van der Waals surface area contributed by atoms with E-state index in [2.05, 4.69) is 20.8 Å². The van der Waals surface area contributed by atoms with Crippen molar-refractivity contribution in [3.05, 3.63) is 29.0 Å². The molecule has 7 nitrogen and oxygen atoms in total. The quantitative estimate of drug-likeness (QED) is 0.650. The van der Waals surface area contributed by atoms with Crippen LogP contribution in [0.2, 0.25) is 0 Å². The number of nitrogens with one attached hydrogen (secondary N) is 2. The molecule has 1 fully saturated rings. The lowest BCUT2D eigenvalue weighted by atomic mass is 9.94. The van der Waals surface area contributed by atoms with Gasteiger partial charge in [-0.05, 0) is 38.8 Å². The van der Waals surface area contributed by atoms with Crippen LogP contribution in [-0.2, 0) is 4.74 Å². The number of rotatable bonds is 3. The minimum Gasteiger partial charge on any atom is -0.375 e. The van der Waals surface area contributed by atoms with Crippen LogP contribution < -0.4 is 10.7 Å². The lowest BCUT2D eigenvalue weighted by Crippen LogP contribution is -2.45. The van der Waals surface area contributed by atoms with E-state index in [1.165, 1.54) is 6.20 Å². The van der Waals surface area contributed by atoms with Crippen LogP contribution in [0.15, 0.2) is 18.3 Å². The average molecular weight is 276 g/mol. The molecule has 1 atom stereocenters. The maximum Gasteiger partial charge on any atom is 0.309 e. The first-order chi connectivity index (χ1) is 9.50. The van der Waals surface area contributed by atoms with Crippen LogP contribution in [0.5, 0.6) is 0 Å². The fourth-order valence-corrected chi connectivity index (χ4v) is 2.27. The van der Waals surface area contributed by atoms with Crippen molar-refractivity contribution < 1.29 is 9.53 Å². The summed E-state index contributed by atoms with van der Waals surface area (Å²) in [4.78, 5) is 16.1. The monoisotopic (exact) mass is 276 g/mol. The summed E-state index contributed by atoms with van der Waals surface area (Å²) >= 11 is 0. The zero-order chi connectivity index (χ0) is 14.6. The predicted octanol–water partition coefficient (Wildman–Crippen LogP) is 1.95. The lowest BCUT2D eigenvalue weighted by molar-refractivity contribution is -0.0615. The number of hydrogen-bond donors (Lipinski definition) is 2. The van der Waals surface area contributed by atoms with Crippen molar-refractivity contribution >= 4 is 11.7 Å². The summed E-state index contributed by atoms with van der Waals surface area (Å²) < 4.78 is 5.62. The molecule has 1 aliphatic heterocycles. The molecule has 1 aliphatic rings. The van der Waals surface area contributed by atoms with Gasteiger partial charge in [-0.2, -0.15) is 0 Å². The Hall–Kier alpha value is -2.20. The van der Waals surface area contributed by atoms with Gasteiger partial charge in [-0.15, -0.1) is 0 Å². The van der Waals surface area contributed by atoms with Crippen LogP contribution in [0.3, 0.4) is 0 Å². The number of carbonyl (C=O) groups is 1. The number of nitrogens with zero attached hydrogens (tertiary/aromatic N) is 3. The van der Waals surface area contributed by atoms with E-state index in [1.54, 1.807) is 12.1 Å². The molecule has 0 aliphatic carbocycles. The van der Waals surface area contributed by atoms with Gasteiger partial charge in [0.1, 0.15) is 0 Å². The lowest BCUT2D eigenvalue weighted by Gasteiger charge is -2.35. The zero-order valence-electron chi connectivity index (χ0n) is 11.6. The van der Waals surface area contributed by atoms with Crippen LogP contribution >= 0.6 is 0 Å². The molecule has 0 aromatic carbocycles. The Morgan fingerprint density at radius 3 is 2.95 bits per heavy atom. The molecule has 0 unspecified atom stereocenters. The Morgan fingerprint density at radius 1 is 1.55 bits per heavy atom. The highest BCUT2D eigenvalue weighted by Gasteiger charge is 2.29. The molecule has 7 heteroatoms. The highest BCUT2D eigenvalue weighted by Crippen LogP contribution is 2.24. The molecular formula is C13H18N5O2+. The normalized spacial score (nSPS) is 20.8. The maximum absolute atomic E-state index is 12.1. The molecule has 0 bridgehead atoms. The SMILES string of the molecule is CC1(C)C[C@H](NC(=O)c2ccc(N[N+]#N)nc2)CCO1. The number of aromatic nitrogens is 1. The third-order valence-corrected chi connectivity index (χ3v) is 3.22. The molecule has 2 rings (SSSR count). The van der Waals surface area contributed by atoms with Crippen LogP contribution in [-0.4, -0.2) is 29.1 Å². The molecule has 1 aromatic rings. The second-order valence-electron chi connectivity index (χ2n) is 5.42. The Kier molecular flexibility index (Phi) is 4.15. The van der Waals surface area contributed by atoms with Gasteiger partial charge in [0.2, 0.25) is 5.82 Å². The molecule has 106 valence electrons. The van der Waals surface area contributed by atoms with Gasteiger partial charge >= 0.3 is 5.08 Å². The topological polar surface area (TPSA) is 91.4 Å². The number of pyridine rings is 1. The van der Waals surface area contributed by atoms with E-state index in [4.69, 9.17) is 10.1 Å². The van der Waals surface area contributed by atoms with E-state index < -0.39 is 0 Å². The third kappa shape index (κ3) is 3.65.